The summed E-state index contributed by atoms with van der Waals surface area (Å²) in [6, 6.07) is 23.1. The van der Waals surface area contributed by atoms with Gasteiger partial charge in [-0.25, -0.2) is 0 Å². The highest BCUT2D eigenvalue weighted by Gasteiger charge is 2.72. The molecule has 1 saturated carbocycles. The molecule has 0 amide bonds. The molecule has 2 aliphatic rings. The third-order valence-electron chi connectivity index (χ3n) is 7.03. The number of rotatable bonds is 7. The predicted molar refractivity (Wildman–Crippen MR) is 133 cm³/mol. The van der Waals surface area contributed by atoms with Crippen LogP contribution in [0.15, 0.2) is 72.8 Å². The highest BCUT2D eigenvalue weighted by atomic mass is 35.5. The first kappa shape index (κ1) is 23.2. The van der Waals surface area contributed by atoms with Crippen molar-refractivity contribution in [3.8, 4) is 11.5 Å². The van der Waals surface area contributed by atoms with Gasteiger partial charge in [0.25, 0.3) is 0 Å². The van der Waals surface area contributed by atoms with Gasteiger partial charge in [-0.15, -0.1) is 0 Å². The highest BCUT2D eigenvalue weighted by molar-refractivity contribution is 6.30. The molecule has 0 aromatic heterocycles. The maximum atomic E-state index is 12.3. The van der Waals surface area contributed by atoms with Crippen LogP contribution in [0.5, 0.6) is 11.5 Å². The minimum Gasteiger partial charge on any atom is -0.492 e. The second-order valence-electron chi connectivity index (χ2n) is 9.44. The fraction of sp³-hybridized carbons (Fsp3) is 0.357. The van der Waals surface area contributed by atoms with E-state index >= 15 is 0 Å². The van der Waals surface area contributed by atoms with E-state index in [0.717, 1.165) is 17.7 Å². The summed E-state index contributed by atoms with van der Waals surface area (Å²) in [4.78, 5) is 0. The Hall–Kier alpha value is -2.57. The van der Waals surface area contributed by atoms with Crippen molar-refractivity contribution in [1.82, 2.24) is 5.32 Å². The topological polar surface area (TPSA) is 71.0 Å². The molecule has 5 nitrogen and oxygen atoms in total. The first-order chi connectivity index (χ1) is 16.4. The van der Waals surface area contributed by atoms with Crippen molar-refractivity contribution < 1.29 is 19.7 Å². The molecule has 0 unspecified atom stereocenters. The van der Waals surface area contributed by atoms with Crippen LogP contribution in [0.3, 0.4) is 0 Å². The SMILES string of the molecule is CC(C)NCCOc1ccc2c(c1)O[C@]1(c3ccc(Cl)cc3)[C@@H](c3ccccc3)C[C@H](O)[C@]21O. The Kier molecular flexibility index (Phi) is 6.07. The van der Waals surface area contributed by atoms with Crippen molar-refractivity contribution in [2.45, 2.75) is 49.5 Å². The van der Waals surface area contributed by atoms with Gasteiger partial charge < -0.3 is 25.0 Å². The Morgan fingerprint density at radius 3 is 2.53 bits per heavy atom. The summed E-state index contributed by atoms with van der Waals surface area (Å²) < 4.78 is 12.6. The summed E-state index contributed by atoms with van der Waals surface area (Å²) in [5, 5.41) is 27.5. The van der Waals surface area contributed by atoms with E-state index in [2.05, 4.69) is 19.2 Å². The van der Waals surface area contributed by atoms with Crippen LogP contribution in [0.2, 0.25) is 5.02 Å². The fourth-order valence-electron chi connectivity index (χ4n) is 5.52. The fourth-order valence-corrected chi connectivity index (χ4v) is 5.64. The van der Waals surface area contributed by atoms with Crippen molar-refractivity contribution >= 4 is 11.6 Å². The van der Waals surface area contributed by atoms with Gasteiger partial charge in [-0.2, -0.15) is 0 Å². The number of hydrogen-bond donors (Lipinski definition) is 3. The summed E-state index contributed by atoms with van der Waals surface area (Å²) in [7, 11) is 0. The molecular formula is C28H30ClNO4. The molecule has 0 spiro atoms. The molecule has 1 aliphatic carbocycles. The van der Waals surface area contributed by atoms with Crippen LogP contribution in [0.4, 0.5) is 0 Å². The minimum atomic E-state index is -1.63. The van der Waals surface area contributed by atoms with Crippen molar-refractivity contribution in [3.05, 3.63) is 94.5 Å². The number of ether oxygens (including phenoxy) is 2. The molecule has 0 radical (unpaired) electrons. The number of halogens is 1. The Morgan fingerprint density at radius 1 is 1.09 bits per heavy atom. The lowest BCUT2D eigenvalue weighted by Gasteiger charge is -2.40. The van der Waals surface area contributed by atoms with Crippen molar-refractivity contribution in [1.29, 1.82) is 0 Å². The van der Waals surface area contributed by atoms with Crippen molar-refractivity contribution in [3.63, 3.8) is 0 Å². The van der Waals surface area contributed by atoms with E-state index in [1.54, 1.807) is 12.1 Å². The normalized spacial score (nSPS) is 27.4. The zero-order valence-electron chi connectivity index (χ0n) is 19.4. The minimum absolute atomic E-state index is 0.276. The summed E-state index contributed by atoms with van der Waals surface area (Å²) in [6.45, 7) is 5.42. The Bertz CT molecular complexity index is 1150. The van der Waals surface area contributed by atoms with Gasteiger partial charge in [-0.05, 0) is 41.8 Å². The van der Waals surface area contributed by atoms with Gasteiger partial charge in [0, 0.05) is 35.2 Å². The lowest BCUT2D eigenvalue weighted by molar-refractivity contribution is -0.149. The average molecular weight is 480 g/mol. The van der Waals surface area contributed by atoms with E-state index in [1.807, 2.05) is 60.7 Å². The first-order valence-electron chi connectivity index (χ1n) is 11.8. The Labute approximate surface area is 205 Å². The molecule has 3 aromatic rings. The van der Waals surface area contributed by atoms with E-state index < -0.39 is 17.3 Å². The van der Waals surface area contributed by atoms with Crippen molar-refractivity contribution in [2.24, 2.45) is 0 Å². The largest absolute Gasteiger partial charge is 0.492 e. The number of aliphatic hydroxyl groups is 2. The van der Waals surface area contributed by atoms with Gasteiger partial charge in [-0.3, -0.25) is 0 Å². The van der Waals surface area contributed by atoms with E-state index in [0.29, 0.717) is 41.2 Å². The third-order valence-corrected chi connectivity index (χ3v) is 7.28. The van der Waals surface area contributed by atoms with E-state index in [1.165, 1.54) is 0 Å². The van der Waals surface area contributed by atoms with Gasteiger partial charge in [0.05, 0.1) is 6.10 Å². The Morgan fingerprint density at radius 2 is 1.82 bits per heavy atom. The molecule has 5 rings (SSSR count). The Balaban J connectivity index is 1.58. The lowest BCUT2D eigenvalue weighted by atomic mass is 9.71. The first-order valence-corrected chi connectivity index (χ1v) is 12.1. The maximum Gasteiger partial charge on any atom is 0.176 e. The highest BCUT2D eigenvalue weighted by Crippen LogP contribution is 2.66. The van der Waals surface area contributed by atoms with Gasteiger partial charge in [0.2, 0.25) is 0 Å². The van der Waals surface area contributed by atoms with Crippen LogP contribution in [0, 0.1) is 0 Å². The number of benzene rings is 3. The van der Waals surface area contributed by atoms with E-state index in [-0.39, 0.29) is 5.92 Å². The van der Waals surface area contributed by atoms with Crippen LogP contribution in [-0.4, -0.2) is 35.5 Å². The van der Waals surface area contributed by atoms with Crippen LogP contribution in [-0.2, 0) is 11.2 Å². The molecule has 178 valence electrons. The van der Waals surface area contributed by atoms with Crippen LogP contribution in [0.25, 0.3) is 0 Å². The van der Waals surface area contributed by atoms with Crippen LogP contribution >= 0.6 is 11.6 Å². The standard InChI is InChI=1S/C28H30ClNO4/c1-18(2)30-14-15-33-22-12-13-23-25(16-22)34-28(20-8-10-21(29)11-9-20)24(17-26(31)27(23,28)32)19-6-4-3-5-7-19/h3-13,16,18,24,26,30-32H,14-15,17H2,1-2H3/t24-,26+,27-,28-/m1/s1. The molecular weight excluding hydrogens is 450 g/mol. The third kappa shape index (κ3) is 3.59. The second kappa shape index (κ2) is 8.90. The molecule has 1 aliphatic heterocycles. The predicted octanol–water partition coefficient (Wildman–Crippen LogP) is 4.74. The quantitative estimate of drug-likeness (QED) is 0.427. The molecule has 0 bridgehead atoms. The summed E-state index contributed by atoms with van der Waals surface area (Å²) in [5.41, 5.74) is -0.505. The van der Waals surface area contributed by atoms with Crippen molar-refractivity contribution in [2.75, 3.05) is 13.2 Å². The summed E-state index contributed by atoms with van der Waals surface area (Å²) >= 11 is 6.19. The molecule has 3 aromatic carbocycles. The summed E-state index contributed by atoms with van der Waals surface area (Å²) in [6.07, 6.45) is -0.654. The second-order valence-corrected chi connectivity index (χ2v) is 9.88. The lowest BCUT2D eigenvalue weighted by Crippen LogP contribution is -2.51. The van der Waals surface area contributed by atoms with Gasteiger partial charge >= 0.3 is 0 Å². The molecule has 34 heavy (non-hydrogen) atoms. The molecule has 6 heteroatoms. The zero-order valence-corrected chi connectivity index (χ0v) is 20.1. The smallest absolute Gasteiger partial charge is 0.176 e. The monoisotopic (exact) mass is 479 g/mol. The number of aliphatic hydroxyl groups excluding tert-OH is 1. The number of hydrogen-bond acceptors (Lipinski definition) is 5. The van der Waals surface area contributed by atoms with Gasteiger partial charge in [-0.1, -0.05) is 67.9 Å². The van der Waals surface area contributed by atoms with E-state index in [9.17, 15) is 10.2 Å². The maximum absolute atomic E-state index is 12.3. The van der Waals surface area contributed by atoms with Gasteiger partial charge in [0.1, 0.15) is 18.1 Å². The number of nitrogens with one attached hydrogen (secondary N) is 1. The zero-order chi connectivity index (χ0) is 23.9. The number of fused-ring (bicyclic) bond motifs is 3. The van der Waals surface area contributed by atoms with Gasteiger partial charge in [0.15, 0.2) is 11.2 Å². The average Bonchev–Trinajstić information content (AvgIpc) is 3.23. The van der Waals surface area contributed by atoms with E-state index in [4.69, 9.17) is 21.1 Å². The molecule has 4 atom stereocenters. The molecule has 1 fully saturated rings. The summed E-state index contributed by atoms with van der Waals surface area (Å²) in [5.74, 6) is 0.901. The molecule has 3 N–H and O–H groups in total. The molecule has 0 saturated heterocycles. The molecule has 1 heterocycles. The van der Waals surface area contributed by atoms with Crippen LogP contribution < -0.4 is 14.8 Å². The van der Waals surface area contributed by atoms with Crippen LogP contribution in [0.1, 0.15) is 42.9 Å².